The van der Waals surface area contributed by atoms with E-state index < -0.39 is 6.10 Å². The molecule has 2 aromatic carbocycles. The van der Waals surface area contributed by atoms with Gasteiger partial charge in [0.15, 0.2) is 0 Å². The third-order valence-corrected chi connectivity index (χ3v) is 6.82. The topological polar surface area (TPSA) is 63.0 Å². The van der Waals surface area contributed by atoms with Crippen LogP contribution in [0.5, 0.6) is 11.6 Å². The fraction of sp³-hybridized carbons (Fsp3) is 0.464. The lowest BCUT2D eigenvalue weighted by Gasteiger charge is -2.31. The zero-order chi connectivity index (χ0) is 24.2. The Kier molecular flexibility index (Phi) is 7.48. The largest absolute Gasteiger partial charge is 0.439 e. The number of aryl methyl sites for hydroxylation is 2. The lowest BCUT2D eigenvalue weighted by Crippen LogP contribution is -2.45. The summed E-state index contributed by atoms with van der Waals surface area (Å²) in [6, 6.07) is 18.7. The molecule has 0 radical (unpaired) electrons. The fourth-order valence-electron chi connectivity index (χ4n) is 4.68. The van der Waals surface area contributed by atoms with Crippen molar-refractivity contribution < 1.29 is 14.6 Å². The summed E-state index contributed by atoms with van der Waals surface area (Å²) >= 11 is 0. The average Bonchev–Trinajstić information content (AvgIpc) is 3.67. The van der Waals surface area contributed by atoms with Gasteiger partial charge in [0.1, 0.15) is 5.75 Å². The number of benzene rings is 2. The summed E-state index contributed by atoms with van der Waals surface area (Å²) in [6.07, 6.45) is 1.94. The maximum Gasteiger partial charge on any atom is 0.227 e. The molecule has 5 rings (SSSR count). The summed E-state index contributed by atoms with van der Waals surface area (Å²) < 4.78 is 13.8. The number of ether oxygens (including phenoxy) is 2. The molecule has 7 nitrogen and oxygen atoms in total. The van der Waals surface area contributed by atoms with Crippen LogP contribution in [-0.2, 0) is 11.3 Å². The molecule has 0 amide bonds. The van der Waals surface area contributed by atoms with Crippen LogP contribution in [0.3, 0.4) is 0 Å². The van der Waals surface area contributed by atoms with Gasteiger partial charge in [-0.1, -0.05) is 35.9 Å². The van der Waals surface area contributed by atoms with Crippen LogP contribution in [0.15, 0.2) is 54.6 Å². The number of aromatic nitrogens is 2. The molecule has 2 heterocycles. The van der Waals surface area contributed by atoms with Crippen molar-refractivity contribution in [2.75, 3.05) is 39.4 Å². The number of hydrogen-bond donors (Lipinski definition) is 1. The molecule has 1 atom stereocenters. The normalized spacial score (nSPS) is 17.6. The van der Waals surface area contributed by atoms with Crippen LogP contribution in [0.1, 0.15) is 29.7 Å². The molecule has 1 aliphatic heterocycles. The van der Waals surface area contributed by atoms with Crippen molar-refractivity contribution in [2.45, 2.75) is 45.4 Å². The number of para-hydroxylation sites is 1. The molecule has 0 unspecified atom stereocenters. The van der Waals surface area contributed by atoms with Crippen molar-refractivity contribution in [3.63, 3.8) is 0 Å². The summed E-state index contributed by atoms with van der Waals surface area (Å²) in [4.78, 5) is 4.70. The number of nitrogens with zero attached hydrogens (tertiary/aromatic N) is 4. The first-order valence-electron chi connectivity index (χ1n) is 12.7. The van der Waals surface area contributed by atoms with Gasteiger partial charge in [0.25, 0.3) is 0 Å². The third-order valence-electron chi connectivity index (χ3n) is 6.82. The highest BCUT2D eigenvalue weighted by molar-refractivity contribution is 5.43. The Balaban J connectivity index is 1.40. The second-order valence-corrected chi connectivity index (χ2v) is 9.76. The van der Waals surface area contributed by atoms with Gasteiger partial charge in [0.05, 0.1) is 36.3 Å². The van der Waals surface area contributed by atoms with E-state index in [4.69, 9.17) is 14.6 Å². The van der Waals surface area contributed by atoms with Gasteiger partial charge in [-0.05, 0) is 51.0 Å². The molecule has 0 spiro atoms. The van der Waals surface area contributed by atoms with Crippen molar-refractivity contribution in [2.24, 2.45) is 0 Å². The van der Waals surface area contributed by atoms with Gasteiger partial charge in [0, 0.05) is 38.8 Å². The zero-order valence-corrected chi connectivity index (χ0v) is 20.8. The highest BCUT2D eigenvalue weighted by atomic mass is 16.5. The van der Waals surface area contributed by atoms with Gasteiger partial charge in [-0.25, -0.2) is 4.68 Å². The summed E-state index contributed by atoms with van der Waals surface area (Å²) in [7, 11) is 0. The average molecular weight is 477 g/mol. The molecule has 7 heteroatoms. The lowest BCUT2D eigenvalue weighted by atomic mass is 10.2. The molecular formula is C28H36N4O3. The van der Waals surface area contributed by atoms with E-state index in [-0.39, 0.29) is 0 Å². The molecule has 35 heavy (non-hydrogen) atoms. The zero-order valence-electron chi connectivity index (χ0n) is 20.8. The summed E-state index contributed by atoms with van der Waals surface area (Å²) in [5.41, 5.74) is 4.18. The fourth-order valence-corrected chi connectivity index (χ4v) is 4.68. The maximum absolute atomic E-state index is 10.9. The Hall–Kier alpha value is -2.71. The van der Waals surface area contributed by atoms with E-state index >= 15 is 0 Å². The minimum absolute atomic E-state index is 0.403. The van der Waals surface area contributed by atoms with Crippen LogP contribution in [0.2, 0.25) is 0 Å². The van der Waals surface area contributed by atoms with E-state index in [9.17, 15) is 5.11 Å². The number of β-amino-alcohol motifs (C(OH)–C–C–N with tert-alkyl or cyclic N) is 1. The van der Waals surface area contributed by atoms with Crippen molar-refractivity contribution in [1.82, 2.24) is 19.6 Å². The Morgan fingerprint density at radius 3 is 2.46 bits per heavy atom. The number of rotatable bonds is 10. The molecule has 2 fully saturated rings. The van der Waals surface area contributed by atoms with Gasteiger partial charge < -0.3 is 14.6 Å². The molecule has 186 valence electrons. The second kappa shape index (κ2) is 10.9. The maximum atomic E-state index is 10.9. The summed E-state index contributed by atoms with van der Waals surface area (Å²) in [5, 5.41) is 15.8. The lowest BCUT2D eigenvalue weighted by molar-refractivity contribution is 0.00545. The van der Waals surface area contributed by atoms with Gasteiger partial charge in [0.2, 0.25) is 5.88 Å². The predicted molar refractivity (Wildman–Crippen MR) is 136 cm³/mol. The first-order chi connectivity index (χ1) is 17.1. The smallest absolute Gasteiger partial charge is 0.227 e. The Morgan fingerprint density at radius 1 is 1.06 bits per heavy atom. The van der Waals surface area contributed by atoms with Crippen molar-refractivity contribution in [3.05, 3.63) is 71.4 Å². The van der Waals surface area contributed by atoms with Crippen LogP contribution in [-0.4, -0.2) is 76.2 Å². The third kappa shape index (κ3) is 6.11. The molecule has 1 saturated carbocycles. The van der Waals surface area contributed by atoms with Gasteiger partial charge in [-0.2, -0.15) is 5.10 Å². The molecule has 3 aromatic rings. The minimum atomic E-state index is -0.403. The molecule has 2 aliphatic rings. The van der Waals surface area contributed by atoms with E-state index in [1.54, 1.807) is 0 Å². The van der Waals surface area contributed by atoms with Crippen LogP contribution < -0.4 is 4.74 Å². The van der Waals surface area contributed by atoms with E-state index in [2.05, 4.69) is 28.9 Å². The van der Waals surface area contributed by atoms with E-state index in [0.717, 1.165) is 54.9 Å². The van der Waals surface area contributed by atoms with Crippen LogP contribution in [0.25, 0.3) is 5.69 Å². The number of morpholine rings is 1. The SMILES string of the molecule is Cc1ccc(Oc2c(CN(C[C@H](O)CN3CCOCC3)C3CC3)c(C)nn2-c2ccccc2)cc1. The monoisotopic (exact) mass is 476 g/mol. The summed E-state index contributed by atoms with van der Waals surface area (Å²) in [6.45, 7) is 9.41. The first kappa shape index (κ1) is 24.0. The number of aliphatic hydroxyl groups excluding tert-OH is 1. The van der Waals surface area contributed by atoms with Crippen molar-refractivity contribution >= 4 is 0 Å². The second-order valence-electron chi connectivity index (χ2n) is 9.76. The summed E-state index contributed by atoms with van der Waals surface area (Å²) in [5.74, 6) is 1.53. The Labute approximate surface area is 207 Å². The molecule has 0 bridgehead atoms. The van der Waals surface area contributed by atoms with E-state index in [1.165, 1.54) is 18.4 Å². The highest BCUT2D eigenvalue weighted by Gasteiger charge is 2.33. The molecule has 1 aromatic heterocycles. The van der Waals surface area contributed by atoms with Crippen molar-refractivity contribution in [1.29, 1.82) is 0 Å². The number of aliphatic hydroxyl groups is 1. The van der Waals surface area contributed by atoms with E-state index in [1.807, 2.05) is 54.1 Å². The van der Waals surface area contributed by atoms with Crippen LogP contribution in [0, 0.1) is 13.8 Å². The highest BCUT2D eigenvalue weighted by Crippen LogP contribution is 2.35. The standard InChI is InChI=1S/C28H36N4O3/c1-21-8-12-26(13-9-21)35-28-27(22(2)29-32(28)24-6-4-3-5-7-24)20-31(23-10-11-23)19-25(33)18-30-14-16-34-17-15-30/h3-9,12-13,23,25,33H,10-11,14-20H2,1-2H3/t25-/m1/s1. The van der Waals surface area contributed by atoms with Crippen molar-refractivity contribution in [3.8, 4) is 17.3 Å². The molecule has 1 N–H and O–H groups in total. The van der Waals surface area contributed by atoms with Gasteiger partial charge in [-0.15, -0.1) is 0 Å². The van der Waals surface area contributed by atoms with Gasteiger partial charge >= 0.3 is 0 Å². The van der Waals surface area contributed by atoms with Gasteiger partial charge in [-0.3, -0.25) is 9.80 Å². The Bertz CT molecular complexity index is 1090. The number of hydrogen-bond acceptors (Lipinski definition) is 6. The Morgan fingerprint density at radius 2 is 1.77 bits per heavy atom. The van der Waals surface area contributed by atoms with Crippen LogP contribution in [0.4, 0.5) is 0 Å². The minimum Gasteiger partial charge on any atom is -0.439 e. The molecular weight excluding hydrogens is 440 g/mol. The van der Waals surface area contributed by atoms with E-state index in [0.29, 0.717) is 25.7 Å². The molecule has 1 saturated heterocycles. The molecule has 1 aliphatic carbocycles. The first-order valence-corrected chi connectivity index (χ1v) is 12.7. The van der Waals surface area contributed by atoms with Crippen LogP contribution >= 0.6 is 0 Å². The predicted octanol–water partition coefficient (Wildman–Crippen LogP) is 3.94. The quantitative estimate of drug-likeness (QED) is 0.478.